The van der Waals surface area contributed by atoms with E-state index in [1.807, 2.05) is 54.6 Å². The van der Waals surface area contributed by atoms with E-state index in [9.17, 15) is 0 Å². The SMILES string of the molecule is c1ccc(N2c3ccc(-c4ccc5c(c4)Oc4ccccc4N5)cc3Oc3cc(-c4ccc5c(c4)Oc4ccccc4N5)ccc32)cc1. The molecule has 0 unspecified atom stereocenters. The number of para-hydroxylation sites is 5. The van der Waals surface area contributed by atoms with E-state index in [0.29, 0.717) is 0 Å². The molecule has 48 heavy (non-hydrogen) atoms. The summed E-state index contributed by atoms with van der Waals surface area (Å²) in [6.07, 6.45) is 0. The molecule has 0 fully saturated rings. The second kappa shape index (κ2) is 10.4. The smallest absolute Gasteiger partial charge is 0.152 e. The van der Waals surface area contributed by atoms with Gasteiger partial charge in [0.25, 0.3) is 0 Å². The molecule has 0 amide bonds. The first-order valence-electron chi connectivity index (χ1n) is 15.9. The number of nitrogens with one attached hydrogen (secondary N) is 2. The lowest BCUT2D eigenvalue weighted by Crippen LogP contribution is -2.15. The largest absolute Gasteiger partial charge is 0.453 e. The minimum absolute atomic E-state index is 0.776. The van der Waals surface area contributed by atoms with E-state index in [2.05, 4.69) is 113 Å². The van der Waals surface area contributed by atoms with Crippen LogP contribution in [-0.4, -0.2) is 0 Å². The van der Waals surface area contributed by atoms with Gasteiger partial charge in [0.2, 0.25) is 0 Å². The standard InChI is InChI=1S/C42H27N3O3/c1-2-8-30(9-3-1)45-35-20-16-28(26-14-18-33-39(22-26)46-37-12-6-4-10-31(37)43-33)24-41(35)48-42-25-29(17-21-36(42)45)27-15-19-34-40(23-27)47-38-13-7-5-11-32(38)44-34/h1-25,43-44H. The summed E-state index contributed by atoms with van der Waals surface area (Å²) in [4.78, 5) is 2.26. The van der Waals surface area contributed by atoms with Crippen LogP contribution in [0, 0.1) is 0 Å². The molecule has 6 nitrogen and oxygen atoms in total. The Morgan fingerprint density at radius 3 is 1.25 bits per heavy atom. The molecule has 0 saturated heterocycles. The van der Waals surface area contributed by atoms with Crippen LogP contribution in [0.25, 0.3) is 22.3 Å². The van der Waals surface area contributed by atoms with Gasteiger partial charge >= 0.3 is 0 Å². The highest BCUT2D eigenvalue weighted by Crippen LogP contribution is 2.53. The Kier molecular flexibility index (Phi) is 5.77. The van der Waals surface area contributed by atoms with Crippen molar-refractivity contribution in [2.75, 3.05) is 15.5 Å². The topological polar surface area (TPSA) is 55.0 Å². The maximum Gasteiger partial charge on any atom is 0.152 e. The molecule has 3 aliphatic heterocycles. The quantitative estimate of drug-likeness (QED) is 0.205. The molecule has 7 aromatic carbocycles. The summed E-state index contributed by atoms with van der Waals surface area (Å²) in [5, 5.41) is 6.95. The predicted molar refractivity (Wildman–Crippen MR) is 192 cm³/mol. The molecule has 7 aromatic rings. The van der Waals surface area contributed by atoms with E-state index in [-0.39, 0.29) is 0 Å². The highest BCUT2D eigenvalue weighted by Gasteiger charge is 2.27. The number of fused-ring (bicyclic) bond motifs is 6. The van der Waals surface area contributed by atoms with Gasteiger partial charge in [0.05, 0.1) is 34.1 Å². The van der Waals surface area contributed by atoms with Gasteiger partial charge in [-0.25, -0.2) is 0 Å². The van der Waals surface area contributed by atoms with Crippen molar-refractivity contribution in [2.24, 2.45) is 0 Å². The van der Waals surface area contributed by atoms with E-state index in [1.54, 1.807) is 0 Å². The van der Waals surface area contributed by atoms with Crippen LogP contribution >= 0.6 is 0 Å². The Balaban J connectivity index is 1.03. The molecule has 6 heteroatoms. The Bertz CT molecular complexity index is 2260. The number of rotatable bonds is 3. The number of nitrogens with zero attached hydrogens (tertiary/aromatic N) is 1. The van der Waals surface area contributed by atoms with E-state index in [1.165, 1.54) is 0 Å². The van der Waals surface area contributed by atoms with Gasteiger partial charge in [0, 0.05) is 5.69 Å². The minimum atomic E-state index is 0.776. The molecule has 0 spiro atoms. The molecule has 0 aromatic heterocycles. The minimum Gasteiger partial charge on any atom is -0.453 e. The van der Waals surface area contributed by atoms with Crippen LogP contribution in [0.1, 0.15) is 0 Å². The van der Waals surface area contributed by atoms with Crippen LogP contribution in [0.4, 0.5) is 39.8 Å². The average Bonchev–Trinajstić information content (AvgIpc) is 3.14. The van der Waals surface area contributed by atoms with Crippen molar-refractivity contribution >= 4 is 39.8 Å². The summed E-state index contributed by atoms with van der Waals surface area (Å²) in [6, 6.07) is 51.6. The van der Waals surface area contributed by atoms with E-state index < -0.39 is 0 Å². The molecule has 0 atom stereocenters. The van der Waals surface area contributed by atoms with Gasteiger partial charge in [-0.3, -0.25) is 0 Å². The molecular formula is C42H27N3O3. The van der Waals surface area contributed by atoms with Crippen LogP contribution in [-0.2, 0) is 0 Å². The first-order chi connectivity index (χ1) is 23.7. The summed E-state index contributed by atoms with van der Waals surface area (Å²) >= 11 is 0. The lowest BCUT2D eigenvalue weighted by molar-refractivity contribution is 0.477. The summed E-state index contributed by atoms with van der Waals surface area (Å²) in [5.41, 5.74) is 11.0. The lowest BCUT2D eigenvalue weighted by atomic mass is 10.00. The Morgan fingerprint density at radius 1 is 0.333 bits per heavy atom. The van der Waals surface area contributed by atoms with Crippen molar-refractivity contribution in [3.8, 4) is 56.8 Å². The van der Waals surface area contributed by atoms with Crippen molar-refractivity contribution in [3.05, 3.63) is 152 Å². The average molecular weight is 622 g/mol. The normalized spacial score (nSPS) is 13.0. The van der Waals surface area contributed by atoms with E-state index >= 15 is 0 Å². The molecule has 0 radical (unpaired) electrons. The highest BCUT2D eigenvalue weighted by atomic mass is 16.5. The van der Waals surface area contributed by atoms with Crippen molar-refractivity contribution in [1.82, 2.24) is 0 Å². The van der Waals surface area contributed by atoms with Crippen molar-refractivity contribution in [1.29, 1.82) is 0 Å². The fraction of sp³-hybridized carbons (Fsp3) is 0. The summed E-state index contributed by atoms with van der Waals surface area (Å²) < 4.78 is 19.3. The van der Waals surface area contributed by atoms with Gasteiger partial charge in [0.1, 0.15) is 0 Å². The van der Waals surface area contributed by atoms with Crippen LogP contribution in [0.5, 0.6) is 34.5 Å². The maximum atomic E-state index is 6.74. The number of ether oxygens (including phenoxy) is 3. The first-order valence-corrected chi connectivity index (χ1v) is 15.9. The van der Waals surface area contributed by atoms with Crippen LogP contribution in [0.15, 0.2) is 152 Å². The summed E-state index contributed by atoms with van der Waals surface area (Å²) in [5.74, 6) is 4.76. The van der Waals surface area contributed by atoms with Crippen LogP contribution in [0.2, 0.25) is 0 Å². The molecule has 228 valence electrons. The summed E-state index contributed by atoms with van der Waals surface area (Å²) in [6.45, 7) is 0. The molecule has 3 aliphatic rings. The maximum absolute atomic E-state index is 6.74. The van der Waals surface area contributed by atoms with Crippen molar-refractivity contribution < 1.29 is 14.2 Å². The third kappa shape index (κ3) is 4.35. The molecule has 0 bridgehead atoms. The molecule has 0 saturated carbocycles. The zero-order valence-corrected chi connectivity index (χ0v) is 25.6. The van der Waals surface area contributed by atoms with Crippen LogP contribution in [0.3, 0.4) is 0 Å². The highest BCUT2D eigenvalue weighted by molar-refractivity contribution is 5.90. The zero-order chi connectivity index (χ0) is 31.6. The van der Waals surface area contributed by atoms with E-state index in [0.717, 1.165) is 96.6 Å². The van der Waals surface area contributed by atoms with Gasteiger partial charge in [-0.1, -0.05) is 66.7 Å². The lowest BCUT2D eigenvalue weighted by Gasteiger charge is -2.33. The molecule has 0 aliphatic carbocycles. The van der Waals surface area contributed by atoms with Gasteiger partial charge in [0.15, 0.2) is 34.5 Å². The van der Waals surface area contributed by atoms with Crippen molar-refractivity contribution in [2.45, 2.75) is 0 Å². The fourth-order valence-corrected chi connectivity index (χ4v) is 6.65. The molecule has 10 rings (SSSR count). The van der Waals surface area contributed by atoms with Gasteiger partial charge in [-0.2, -0.15) is 0 Å². The second-order valence-corrected chi connectivity index (χ2v) is 12.0. The first kappa shape index (κ1) is 26.5. The number of hydrogen-bond acceptors (Lipinski definition) is 6. The predicted octanol–water partition coefficient (Wildman–Crippen LogP) is 12.3. The van der Waals surface area contributed by atoms with Crippen LogP contribution < -0.4 is 29.7 Å². The second-order valence-electron chi connectivity index (χ2n) is 12.0. The zero-order valence-electron chi connectivity index (χ0n) is 25.6. The Hall–Kier alpha value is -6.66. The summed E-state index contributed by atoms with van der Waals surface area (Å²) in [7, 11) is 0. The number of benzene rings is 7. The molecule has 3 heterocycles. The fourth-order valence-electron chi connectivity index (χ4n) is 6.65. The number of hydrogen-bond donors (Lipinski definition) is 2. The third-order valence-electron chi connectivity index (χ3n) is 9.02. The van der Waals surface area contributed by atoms with E-state index in [4.69, 9.17) is 14.2 Å². The monoisotopic (exact) mass is 621 g/mol. The number of anilines is 7. The Morgan fingerprint density at radius 2 is 0.729 bits per heavy atom. The third-order valence-corrected chi connectivity index (χ3v) is 9.02. The van der Waals surface area contributed by atoms with Crippen molar-refractivity contribution in [3.63, 3.8) is 0 Å². The molecule has 2 N–H and O–H groups in total. The molecular weight excluding hydrogens is 594 g/mol. The van der Waals surface area contributed by atoms with Gasteiger partial charge < -0.3 is 29.7 Å². The Labute approximate surface area is 277 Å². The van der Waals surface area contributed by atoms with Gasteiger partial charge in [-0.15, -0.1) is 0 Å². The van der Waals surface area contributed by atoms with Gasteiger partial charge in [-0.05, 0) is 107 Å².